The lowest BCUT2D eigenvalue weighted by atomic mass is 10.0. The smallest absolute Gasteiger partial charge is 0.262 e. The number of unbranched alkanes of at least 4 members (excludes halogenated alkanes) is 3. The third-order valence-corrected chi connectivity index (χ3v) is 7.42. The highest BCUT2D eigenvalue weighted by molar-refractivity contribution is 6.23. The van der Waals surface area contributed by atoms with E-state index in [-0.39, 0.29) is 24.0 Å². The first kappa shape index (κ1) is 28.6. The van der Waals surface area contributed by atoms with Crippen LogP contribution in [0, 0.1) is 0 Å². The number of anilines is 1. The van der Waals surface area contributed by atoms with Crippen molar-refractivity contribution in [3.8, 4) is 0 Å². The van der Waals surface area contributed by atoms with Gasteiger partial charge in [-0.15, -0.1) is 0 Å². The molecular weight excluding hydrogens is 534 g/mol. The number of rotatable bonds is 11. The summed E-state index contributed by atoms with van der Waals surface area (Å²) in [5.41, 5.74) is 11.2. The number of carbonyl (C=O) groups is 4. The molecule has 1 atom stereocenters. The van der Waals surface area contributed by atoms with Crippen molar-refractivity contribution in [2.75, 3.05) is 18.4 Å². The number of carbonyl (C=O) groups excluding carboxylic acids is 4. The fourth-order valence-electron chi connectivity index (χ4n) is 5.06. The Hall–Kier alpha value is -4.93. The van der Waals surface area contributed by atoms with Crippen LogP contribution in [0.3, 0.4) is 0 Å². The number of nitrogens with zero attached hydrogens (tertiary/aromatic N) is 4. The summed E-state index contributed by atoms with van der Waals surface area (Å²) >= 11 is 0. The van der Waals surface area contributed by atoms with Crippen LogP contribution < -0.4 is 16.4 Å². The largest absolute Gasteiger partial charge is 0.397 e. The maximum Gasteiger partial charge on any atom is 0.262 e. The number of piperidine rings is 1. The molecule has 1 saturated heterocycles. The van der Waals surface area contributed by atoms with E-state index in [1.165, 1.54) is 0 Å². The van der Waals surface area contributed by atoms with Gasteiger partial charge < -0.3 is 11.1 Å². The number of nitrogens with one attached hydrogen (secondary N) is 2. The van der Waals surface area contributed by atoms with Crippen molar-refractivity contribution in [1.82, 2.24) is 20.2 Å². The van der Waals surface area contributed by atoms with E-state index in [1.807, 2.05) is 31.2 Å². The molecule has 0 spiro atoms. The maximum absolute atomic E-state index is 13.0. The molecular formula is C31H33N7O4. The molecule has 4 amide bonds. The molecule has 42 heavy (non-hydrogen) atoms. The molecule has 0 bridgehead atoms. The highest BCUT2D eigenvalue weighted by Crippen LogP contribution is 2.29. The van der Waals surface area contributed by atoms with Crippen LogP contribution in [0.5, 0.6) is 0 Å². The summed E-state index contributed by atoms with van der Waals surface area (Å²) in [5, 5.41) is 5.51. The number of hydrogen-bond donors (Lipinski definition) is 3. The third-order valence-electron chi connectivity index (χ3n) is 7.42. The highest BCUT2D eigenvalue weighted by Gasteiger charge is 2.44. The zero-order valence-electron chi connectivity index (χ0n) is 23.4. The van der Waals surface area contributed by atoms with Crippen molar-refractivity contribution >= 4 is 52.3 Å². The number of benzene rings is 2. The molecule has 11 heteroatoms. The van der Waals surface area contributed by atoms with E-state index >= 15 is 0 Å². The van der Waals surface area contributed by atoms with Gasteiger partial charge in [-0.3, -0.25) is 39.4 Å². The second-order valence-corrected chi connectivity index (χ2v) is 10.4. The lowest BCUT2D eigenvalue weighted by Crippen LogP contribution is -2.54. The SMILES string of the molecule is CC(C=NCCCCCCNc1ccc2c(c1)C(=O)N(C1CCC(=O)NC1=O)C2=O)=C(N)c1cnc2ccccc2n1. The van der Waals surface area contributed by atoms with Gasteiger partial charge >= 0.3 is 0 Å². The molecule has 0 saturated carbocycles. The molecule has 2 aromatic carbocycles. The van der Waals surface area contributed by atoms with Crippen LogP contribution in [0.4, 0.5) is 5.69 Å². The van der Waals surface area contributed by atoms with Crippen LogP contribution in [-0.2, 0) is 9.59 Å². The summed E-state index contributed by atoms with van der Waals surface area (Å²) < 4.78 is 0. The Labute approximate surface area is 243 Å². The topological polar surface area (TPSA) is 160 Å². The Bertz CT molecular complexity index is 1610. The number of fused-ring (bicyclic) bond motifs is 2. The first-order valence-corrected chi connectivity index (χ1v) is 14.1. The Kier molecular flexibility index (Phi) is 8.66. The maximum atomic E-state index is 13.0. The summed E-state index contributed by atoms with van der Waals surface area (Å²) in [4.78, 5) is 64.0. The number of amides is 4. The Morgan fingerprint density at radius 2 is 1.81 bits per heavy atom. The van der Waals surface area contributed by atoms with Gasteiger partial charge in [-0.05, 0) is 62.1 Å². The minimum absolute atomic E-state index is 0.0933. The van der Waals surface area contributed by atoms with Crippen LogP contribution in [0.1, 0.15) is 71.9 Å². The van der Waals surface area contributed by atoms with Crippen LogP contribution in [-0.4, -0.2) is 63.8 Å². The zero-order valence-corrected chi connectivity index (χ0v) is 23.4. The van der Waals surface area contributed by atoms with Gasteiger partial charge in [0.15, 0.2) is 0 Å². The molecule has 1 unspecified atom stereocenters. The number of aromatic nitrogens is 2. The summed E-state index contributed by atoms with van der Waals surface area (Å²) in [5.74, 6) is -2.02. The molecule has 4 N–H and O–H groups in total. The molecule has 0 aliphatic carbocycles. The van der Waals surface area contributed by atoms with Gasteiger partial charge in [-0.1, -0.05) is 25.0 Å². The van der Waals surface area contributed by atoms with E-state index in [0.717, 1.165) is 52.9 Å². The molecule has 216 valence electrons. The van der Waals surface area contributed by atoms with Crippen molar-refractivity contribution in [3.63, 3.8) is 0 Å². The number of imide groups is 2. The molecule has 1 aromatic heterocycles. The fourth-order valence-corrected chi connectivity index (χ4v) is 5.06. The normalized spacial score (nSPS) is 17.5. The molecule has 2 aliphatic rings. The number of hydrogen-bond acceptors (Lipinski definition) is 9. The molecule has 2 aliphatic heterocycles. The van der Waals surface area contributed by atoms with Crippen LogP contribution in [0.15, 0.2) is 59.2 Å². The molecule has 3 heterocycles. The van der Waals surface area contributed by atoms with Crippen LogP contribution in [0.2, 0.25) is 0 Å². The van der Waals surface area contributed by atoms with Gasteiger partial charge in [-0.25, -0.2) is 4.98 Å². The Morgan fingerprint density at radius 1 is 1.05 bits per heavy atom. The highest BCUT2D eigenvalue weighted by atomic mass is 16.2. The quantitative estimate of drug-likeness (QED) is 0.180. The number of para-hydroxylation sites is 2. The van der Waals surface area contributed by atoms with Crippen molar-refractivity contribution in [1.29, 1.82) is 0 Å². The summed E-state index contributed by atoms with van der Waals surface area (Å²) in [6.07, 6.45) is 7.61. The van der Waals surface area contributed by atoms with Crippen LogP contribution >= 0.6 is 0 Å². The van der Waals surface area contributed by atoms with E-state index in [0.29, 0.717) is 24.5 Å². The van der Waals surface area contributed by atoms with E-state index in [2.05, 4.69) is 25.6 Å². The fraction of sp³-hybridized carbons (Fsp3) is 0.323. The number of allylic oxidation sites excluding steroid dienone is 1. The van der Waals surface area contributed by atoms with Gasteiger partial charge in [0.2, 0.25) is 11.8 Å². The van der Waals surface area contributed by atoms with Crippen molar-refractivity contribution in [2.45, 2.75) is 51.5 Å². The van der Waals surface area contributed by atoms with E-state index in [4.69, 9.17) is 5.73 Å². The van der Waals surface area contributed by atoms with E-state index in [9.17, 15) is 19.2 Å². The molecule has 3 aromatic rings. The summed E-state index contributed by atoms with van der Waals surface area (Å²) in [6, 6.07) is 11.7. The van der Waals surface area contributed by atoms with Gasteiger partial charge in [0, 0.05) is 31.4 Å². The standard InChI is InChI=1S/C31H33N7O4/c1-19(28(32)25-18-35-23-8-4-5-9-24(23)36-25)17-33-14-6-2-3-7-15-34-20-10-11-21-22(16-20)31(42)38(30(21)41)26-12-13-27(39)37-29(26)40/h4-5,8-11,16-18,26,34H,2-3,6-7,12-15,32H2,1H3,(H,37,39,40). The van der Waals surface area contributed by atoms with Gasteiger partial charge in [-0.2, -0.15) is 0 Å². The molecule has 11 nitrogen and oxygen atoms in total. The van der Waals surface area contributed by atoms with Gasteiger partial charge in [0.1, 0.15) is 11.7 Å². The zero-order chi connectivity index (χ0) is 29.6. The second-order valence-electron chi connectivity index (χ2n) is 10.4. The van der Waals surface area contributed by atoms with Crippen molar-refractivity contribution in [3.05, 3.63) is 71.1 Å². The predicted octanol–water partition coefficient (Wildman–Crippen LogP) is 3.46. The average Bonchev–Trinajstić information content (AvgIpc) is 3.24. The van der Waals surface area contributed by atoms with E-state index in [1.54, 1.807) is 30.6 Å². The molecule has 5 rings (SSSR count). The first-order chi connectivity index (χ1) is 20.3. The second kappa shape index (κ2) is 12.7. The lowest BCUT2D eigenvalue weighted by molar-refractivity contribution is -0.136. The predicted molar refractivity (Wildman–Crippen MR) is 160 cm³/mol. The van der Waals surface area contributed by atoms with Gasteiger partial charge in [0.25, 0.3) is 11.8 Å². The lowest BCUT2D eigenvalue weighted by Gasteiger charge is -2.27. The number of nitrogens with two attached hydrogens (primary N) is 1. The van der Waals surface area contributed by atoms with Crippen molar-refractivity contribution < 1.29 is 19.2 Å². The first-order valence-electron chi connectivity index (χ1n) is 14.1. The molecule has 1 fully saturated rings. The Morgan fingerprint density at radius 3 is 2.62 bits per heavy atom. The van der Waals surface area contributed by atoms with Crippen molar-refractivity contribution in [2.24, 2.45) is 10.7 Å². The number of aliphatic imine (C=N–C) groups is 1. The monoisotopic (exact) mass is 567 g/mol. The van der Waals surface area contributed by atoms with Gasteiger partial charge in [0.05, 0.1) is 34.1 Å². The average molecular weight is 568 g/mol. The van der Waals surface area contributed by atoms with Crippen LogP contribution in [0.25, 0.3) is 16.7 Å². The summed E-state index contributed by atoms with van der Waals surface area (Å²) in [7, 11) is 0. The minimum Gasteiger partial charge on any atom is -0.397 e. The Balaban J connectivity index is 1.03. The summed E-state index contributed by atoms with van der Waals surface area (Å²) in [6.45, 7) is 3.33. The minimum atomic E-state index is -0.966. The molecule has 0 radical (unpaired) electrons. The van der Waals surface area contributed by atoms with E-state index < -0.39 is 29.7 Å². The third kappa shape index (κ3) is 6.19.